The van der Waals surface area contributed by atoms with Crippen molar-refractivity contribution in [3.05, 3.63) is 11.4 Å². The number of hydrogen-bond acceptors (Lipinski definition) is 3. The maximum absolute atomic E-state index is 11.1. The summed E-state index contributed by atoms with van der Waals surface area (Å²) in [7, 11) is 3.60. The number of allylic oxidation sites excluding steroid dienone is 2. The summed E-state index contributed by atoms with van der Waals surface area (Å²) in [5, 5.41) is 9.14. The fraction of sp³-hybridized carbons (Fsp3) is 0.667. The van der Waals surface area contributed by atoms with Crippen molar-refractivity contribution < 1.29 is 9.90 Å². The zero-order valence-electron chi connectivity index (χ0n) is 8.75. The van der Waals surface area contributed by atoms with Crippen molar-refractivity contribution in [2.75, 3.05) is 14.1 Å². The molecule has 0 saturated heterocycles. The number of carboxylic acids is 1. The smallest absolute Gasteiger partial charge is 0.350 e. The Morgan fingerprint density at radius 1 is 1.23 bits per heavy atom. The van der Waals surface area contributed by atoms with Gasteiger partial charge in [-0.2, -0.15) is 0 Å². The van der Waals surface area contributed by atoms with Crippen LogP contribution in [0.5, 0.6) is 0 Å². The van der Waals surface area contributed by atoms with Crippen LogP contribution in [0.1, 0.15) is 20.8 Å². The SMILES string of the molecule is CC1=C(C)N(C)C(C)(C(=O)O)N1C. The van der Waals surface area contributed by atoms with Crippen molar-refractivity contribution in [3.63, 3.8) is 0 Å². The molecule has 1 heterocycles. The van der Waals surface area contributed by atoms with Crippen LogP contribution in [-0.4, -0.2) is 40.6 Å². The van der Waals surface area contributed by atoms with Gasteiger partial charge in [-0.3, -0.25) is 0 Å². The summed E-state index contributed by atoms with van der Waals surface area (Å²) in [6, 6.07) is 0. The molecule has 1 aliphatic heterocycles. The van der Waals surface area contributed by atoms with Gasteiger partial charge in [-0.15, -0.1) is 0 Å². The Hall–Kier alpha value is -1.19. The Morgan fingerprint density at radius 3 is 1.69 bits per heavy atom. The van der Waals surface area contributed by atoms with Crippen LogP contribution in [-0.2, 0) is 4.79 Å². The molecule has 0 aromatic carbocycles. The summed E-state index contributed by atoms with van der Waals surface area (Å²) < 4.78 is 0. The van der Waals surface area contributed by atoms with E-state index in [-0.39, 0.29) is 0 Å². The third-order valence-electron chi connectivity index (χ3n) is 3.24. The lowest BCUT2D eigenvalue weighted by atomic mass is 10.1. The molecule has 0 aromatic heterocycles. The number of hydrogen-bond donors (Lipinski definition) is 1. The van der Waals surface area contributed by atoms with Crippen molar-refractivity contribution in [2.24, 2.45) is 0 Å². The minimum absolute atomic E-state index is 0.825. The minimum atomic E-state index is -0.936. The molecule has 0 unspecified atom stereocenters. The fourth-order valence-electron chi connectivity index (χ4n) is 1.65. The van der Waals surface area contributed by atoms with Gasteiger partial charge in [-0.05, 0) is 20.8 Å². The molecule has 1 aliphatic rings. The summed E-state index contributed by atoms with van der Waals surface area (Å²) in [5.74, 6) is -0.825. The van der Waals surface area contributed by atoms with Gasteiger partial charge in [0.2, 0.25) is 5.66 Å². The Bertz CT molecular complexity index is 265. The molecule has 4 heteroatoms. The standard InChI is InChI=1S/C9H16N2O2/c1-6-7(2)11(5)9(3,8(12)13)10(6)4/h1-5H3,(H,12,13). The largest absolute Gasteiger partial charge is 0.478 e. The van der Waals surface area contributed by atoms with Crippen LogP contribution in [0.3, 0.4) is 0 Å². The predicted molar refractivity (Wildman–Crippen MR) is 49.9 cm³/mol. The highest BCUT2D eigenvalue weighted by Crippen LogP contribution is 2.34. The van der Waals surface area contributed by atoms with Gasteiger partial charge in [-0.1, -0.05) is 0 Å². The first-order chi connectivity index (χ1) is 5.83. The Labute approximate surface area is 78.4 Å². The number of rotatable bonds is 1. The molecular formula is C9H16N2O2. The maximum Gasteiger partial charge on any atom is 0.350 e. The normalized spacial score (nSPS) is 21.3. The average Bonchev–Trinajstić information content (AvgIpc) is 2.22. The van der Waals surface area contributed by atoms with Gasteiger partial charge in [0.05, 0.1) is 0 Å². The molecule has 4 nitrogen and oxygen atoms in total. The molecule has 74 valence electrons. The van der Waals surface area contributed by atoms with E-state index < -0.39 is 11.6 Å². The first-order valence-corrected chi connectivity index (χ1v) is 4.22. The number of nitrogens with zero attached hydrogens (tertiary/aromatic N) is 2. The lowest BCUT2D eigenvalue weighted by Crippen LogP contribution is -2.55. The summed E-state index contributed by atoms with van der Waals surface area (Å²) >= 11 is 0. The Balaban J connectivity index is 3.16. The van der Waals surface area contributed by atoms with Crippen LogP contribution in [0.4, 0.5) is 0 Å². The van der Waals surface area contributed by atoms with E-state index in [1.807, 2.05) is 13.8 Å². The first kappa shape index (κ1) is 9.89. The summed E-state index contributed by atoms with van der Waals surface area (Å²) in [6.07, 6.45) is 0. The molecule has 13 heavy (non-hydrogen) atoms. The molecule has 0 aliphatic carbocycles. The zero-order chi connectivity index (χ0) is 10.4. The van der Waals surface area contributed by atoms with Crippen LogP contribution in [0.25, 0.3) is 0 Å². The molecule has 0 aromatic rings. The number of aliphatic carboxylic acids is 1. The van der Waals surface area contributed by atoms with Crippen molar-refractivity contribution in [3.8, 4) is 0 Å². The molecule has 0 radical (unpaired) electrons. The quantitative estimate of drug-likeness (QED) is 0.658. The Morgan fingerprint density at radius 2 is 1.54 bits per heavy atom. The highest BCUT2D eigenvalue weighted by molar-refractivity contribution is 5.79. The van der Waals surface area contributed by atoms with Crippen molar-refractivity contribution in [1.82, 2.24) is 9.80 Å². The molecule has 1 rings (SSSR count). The van der Waals surface area contributed by atoms with Gasteiger partial charge >= 0.3 is 5.97 Å². The fourth-order valence-corrected chi connectivity index (χ4v) is 1.65. The van der Waals surface area contributed by atoms with Crippen LogP contribution in [0.2, 0.25) is 0 Å². The van der Waals surface area contributed by atoms with Crippen LogP contribution < -0.4 is 0 Å². The van der Waals surface area contributed by atoms with Gasteiger partial charge in [0.1, 0.15) is 0 Å². The van der Waals surface area contributed by atoms with Gasteiger partial charge in [0.25, 0.3) is 0 Å². The highest BCUT2D eigenvalue weighted by atomic mass is 16.4. The van der Waals surface area contributed by atoms with E-state index in [0.29, 0.717) is 0 Å². The van der Waals surface area contributed by atoms with Crippen LogP contribution in [0.15, 0.2) is 11.4 Å². The molecular weight excluding hydrogens is 168 g/mol. The van der Waals surface area contributed by atoms with E-state index in [4.69, 9.17) is 5.11 Å². The Kier molecular flexibility index (Phi) is 2.02. The monoisotopic (exact) mass is 184 g/mol. The first-order valence-electron chi connectivity index (χ1n) is 4.22. The lowest BCUT2D eigenvalue weighted by molar-refractivity contribution is -0.155. The topological polar surface area (TPSA) is 43.8 Å². The summed E-state index contributed by atoms with van der Waals surface area (Å²) in [4.78, 5) is 14.7. The molecule has 0 saturated carbocycles. The van der Waals surface area contributed by atoms with E-state index in [1.54, 1.807) is 30.8 Å². The summed E-state index contributed by atoms with van der Waals surface area (Å²) in [5.41, 5.74) is 1.08. The third-order valence-corrected chi connectivity index (χ3v) is 3.24. The molecule has 0 amide bonds. The van der Waals surface area contributed by atoms with Gasteiger partial charge in [0.15, 0.2) is 0 Å². The summed E-state index contributed by atoms with van der Waals surface area (Å²) in [6.45, 7) is 5.56. The second-order valence-electron chi connectivity index (χ2n) is 3.61. The number of carboxylic acid groups (broad SMARTS) is 1. The predicted octanol–water partition coefficient (Wildman–Crippen LogP) is 0.916. The molecule has 0 atom stereocenters. The average molecular weight is 184 g/mol. The van der Waals surface area contributed by atoms with E-state index in [1.165, 1.54) is 0 Å². The number of likely N-dealkylation sites (N-methyl/N-ethyl adjacent to an activating group) is 2. The molecule has 1 N–H and O–H groups in total. The zero-order valence-corrected chi connectivity index (χ0v) is 8.75. The number of carbonyl (C=O) groups is 1. The molecule has 0 bridgehead atoms. The lowest BCUT2D eigenvalue weighted by Gasteiger charge is -2.36. The second-order valence-corrected chi connectivity index (χ2v) is 3.61. The minimum Gasteiger partial charge on any atom is -0.478 e. The van der Waals surface area contributed by atoms with E-state index >= 15 is 0 Å². The van der Waals surface area contributed by atoms with Crippen molar-refractivity contribution >= 4 is 5.97 Å². The third kappa shape index (κ3) is 1.01. The molecule has 0 spiro atoms. The van der Waals surface area contributed by atoms with Crippen molar-refractivity contribution in [1.29, 1.82) is 0 Å². The highest BCUT2D eigenvalue weighted by Gasteiger charge is 2.47. The van der Waals surface area contributed by atoms with Crippen LogP contribution in [0, 0.1) is 0 Å². The van der Waals surface area contributed by atoms with Crippen molar-refractivity contribution in [2.45, 2.75) is 26.4 Å². The van der Waals surface area contributed by atoms with Gasteiger partial charge < -0.3 is 14.9 Å². The van der Waals surface area contributed by atoms with E-state index in [2.05, 4.69) is 0 Å². The van der Waals surface area contributed by atoms with Gasteiger partial charge in [-0.25, -0.2) is 4.79 Å². The van der Waals surface area contributed by atoms with E-state index in [9.17, 15) is 4.79 Å². The van der Waals surface area contributed by atoms with Crippen LogP contribution >= 0.6 is 0 Å². The second kappa shape index (κ2) is 2.65. The maximum atomic E-state index is 11.1. The molecule has 0 fully saturated rings. The van der Waals surface area contributed by atoms with E-state index in [0.717, 1.165) is 11.4 Å². The van der Waals surface area contributed by atoms with Gasteiger partial charge in [0, 0.05) is 25.5 Å².